The van der Waals surface area contributed by atoms with Crippen molar-refractivity contribution in [1.29, 1.82) is 0 Å². The summed E-state index contributed by atoms with van der Waals surface area (Å²) in [5.74, 6) is 1.49. The normalized spacial score (nSPS) is 20.7. The van der Waals surface area contributed by atoms with Crippen molar-refractivity contribution in [1.82, 2.24) is 19.7 Å². The minimum atomic E-state index is 0.214. The number of piperazine rings is 1. The van der Waals surface area contributed by atoms with E-state index >= 15 is 0 Å². The van der Waals surface area contributed by atoms with E-state index in [1.165, 1.54) is 24.8 Å². The van der Waals surface area contributed by atoms with E-state index in [1.54, 1.807) is 0 Å². The largest absolute Gasteiger partial charge is 0.491 e. The van der Waals surface area contributed by atoms with Crippen LogP contribution < -0.4 is 4.74 Å². The predicted octanol–water partition coefficient (Wildman–Crippen LogP) is 3.70. The maximum Gasteiger partial charge on any atom is 0.226 e. The van der Waals surface area contributed by atoms with Crippen molar-refractivity contribution < 1.29 is 9.53 Å². The van der Waals surface area contributed by atoms with Gasteiger partial charge < -0.3 is 9.64 Å². The van der Waals surface area contributed by atoms with E-state index in [2.05, 4.69) is 45.1 Å². The SMILES string of the molecule is O=C(C1CCCCC1)N1CCOc2ccc(CN3CCN(Cc4ccccn4)CC3)cc2C1. The van der Waals surface area contributed by atoms with Crippen LogP contribution in [0.1, 0.15) is 48.9 Å². The number of fused-ring (bicyclic) bond motifs is 1. The maximum absolute atomic E-state index is 13.1. The first-order valence-corrected chi connectivity index (χ1v) is 12.6. The molecular weight excluding hydrogens is 412 g/mol. The Bertz CT molecular complexity index is 921. The van der Waals surface area contributed by atoms with Gasteiger partial charge in [0.2, 0.25) is 5.91 Å². The number of amides is 1. The van der Waals surface area contributed by atoms with Crippen LogP contribution in [0.2, 0.25) is 0 Å². The third-order valence-corrected chi connectivity index (χ3v) is 7.35. The van der Waals surface area contributed by atoms with Crippen LogP contribution in [0.3, 0.4) is 0 Å². The highest BCUT2D eigenvalue weighted by atomic mass is 16.5. The van der Waals surface area contributed by atoms with Gasteiger partial charge >= 0.3 is 0 Å². The van der Waals surface area contributed by atoms with Crippen LogP contribution in [0.15, 0.2) is 42.6 Å². The molecule has 3 aliphatic rings. The monoisotopic (exact) mass is 448 g/mol. The molecule has 0 spiro atoms. The Labute approximate surface area is 197 Å². The molecule has 1 saturated heterocycles. The van der Waals surface area contributed by atoms with Gasteiger partial charge in [-0.1, -0.05) is 31.4 Å². The van der Waals surface area contributed by atoms with Gasteiger partial charge in [-0.2, -0.15) is 0 Å². The molecule has 3 heterocycles. The lowest BCUT2D eigenvalue weighted by Gasteiger charge is -2.34. The number of nitrogens with zero attached hydrogens (tertiary/aromatic N) is 4. The molecule has 2 aliphatic heterocycles. The first-order chi connectivity index (χ1) is 16.2. The second-order valence-corrected chi connectivity index (χ2v) is 9.76. The fraction of sp³-hybridized carbons (Fsp3) is 0.556. The van der Waals surface area contributed by atoms with E-state index in [0.717, 1.165) is 69.1 Å². The number of pyridine rings is 1. The van der Waals surface area contributed by atoms with Gasteiger partial charge in [-0.05, 0) is 42.7 Å². The molecule has 0 unspecified atom stereocenters. The van der Waals surface area contributed by atoms with E-state index in [0.29, 0.717) is 25.6 Å². The van der Waals surface area contributed by atoms with E-state index in [-0.39, 0.29) is 5.92 Å². The van der Waals surface area contributed by atoms with Gasteiger partial charge in [0.1, 0.15) is 12.4 Å². The second kappa shape index (κ2) is 10.7. The van der Waals surface area contributed by atoms with Crippen LogP contribution in [0.25, 0.3) is 0 Å². The summed E-state index contributed by atoms with van der Waals surface area (Å²) in [5.41, 5.74) is 3.61. The number of aromatic nitrogens is 1. The quantitative estimate of drug-likeness (QED) is 0.698. The predicted molar refractivity (Wildman–Crippen MR) is 129 cm³/mol. The lowest BCUT2D eigenvalue weighted by Crippen LogP contribution is -2.45. The van der Waals surface area contributed by atoms with Crippen molar-refractivity contribution in [3.05, 3.63) is 59.4 Å². The Kier molecular flexibility index (Phi) is 7.22. The number of hydrogen-bond acceptors (Lipinski definition) is 5. The standard InChI is InChI=1S/C27H36N4O2/c32-27(23-6-2-1-3-7-23)31-16-17-33-26-10-9-22(18-24(26)20-31)19-29-12-14-30(15-13-29)21-25-8-4-5-11-28-25/h4-5,8-11,18,23H,1-3,6-7,12-17,19-21H2. The van der Waals surface area contributed by atoms with E-state index < -0.39 is 0 Å². The molecule has 1 aliphatic carbocycles. The summed E-state index contributed by atoms with van der Waals surface area (Å²) in [4.78, 5) is 24.6. The summed E-state index contributed by atoms with van der Waals surface area (Å²) in [5, 5.41) is 0. The molecule has 6 nitrogen and oxygen atoms in total. The fourth-order valence-corrected chi connectivity index (χ4v) is 5.43. The van der Waals surface area contributed by atoms with Crippen LogP contribution >= 0.6 is 0 Å². The highest BCUT2D eigenvalue weighted by Crippen LogP contribution is 2.29. The van der Waals surface area contributed by atoms with Crippen molar-refractivity contribution in [3.63, 3.8) is 0 Å². The van der Waals surface area contributed by atoms with Crippen molar-refractivity contribution in [2.45, 2.75) is 51.7 Å². The average molecular weight is 449 g/mol. The molecule has 5 rings (SSSR count). The molecule has 0 radical (unpaired) electrons. The van der Waals surface area contributed by atoms with Gasteiger partial charge in [0.25, 0.3) is 0 Å². The Morgan fingerprint density at radius 1 is 0.939 bits per heavy atom. The summed E-state index contributed by atoms with van der Waals surface area (Å²) in [6.07, 6.45) is 7.63. The van der Waals surface area contributed by atoms with Gasteiger partial charge in [0.05, 0.1) is 12.2 Å². The average Bonchev–Trinajstić information content (AvgIpc) is 3.08. The number of rotatable bonds is 5. The number of carbonyl (C=O) groups excluding carboxylic acids is 1. The number of benzene rings is 1. The Balaban J connectivity index is 1.17. The van der Waals surface area contributed by atoms with Crippen LogP contribution in [-0.4, -0.2) is 64.9 Å². The molecule has 176 valence electrons. The van der Waals surface area contributed by atoms with Crippen molar-refractivity contribution in [2.24, 2.45) is 5.92 Å². The molecule has 1 amide bonds. The first-order valence-electron chi connectivity index (χ1n) is 12.6. The molecular formula is C27H36N4O2. The third kappa shape index (κ3) is 5.74. The van der Waals surface area contributed by atoms with E-state index in [1.807, 2.05) is 17.2 Å². The summed E-state index contributed by atoms with van der Waals surface area (Å²) >= 11 is 0. The Morgan fingerprint density at radius 3 is 2.48 bits per heavy atom. The van der Waals surface area contributed by atoms with E-state index in [9.17, 15) is 4.79 Å². The molecule has 1 aromatic heterocycles. The third-order valence-electron chi connectivity index (χ3n) is 7.35. The van der Waals surface area contributed by atoms with Gasteiger partial charge in [0.15, 0.2) is 0 Å². The van der Waals surface area contributed by atoms with E-state index in [4.69, 9.17) is 4.74 Å². The molecule has 0 N–H and O–H groups in total. The van der Waals surface area contributed by atoms with Crippen LogP contribution in [0, 0.1) is 5.92 Å². The van der Waals surface area contributed by atoms with Gasteiger partial charge in [-0.15, -0.1) is 0 Å². The summed E-state index contributed by atoms with van der Waals surface area (Å²) < 4.78 is 6.01. The molecule has 0 atom stereocenters. The Morgan fingerprint density at radius 2 is 1.73 bits per heavy atom. The van der Waals surface area contributed by atoms with Crippen LogP contribution in [0.4, 0.5) is 0 Å². The number of carbonyl (C=O) groups is 1. The zero-order chi connectivity index (χ0) is 22.5. The first kappa shape index (κ1) is 22.4. The summed E-state index contributed by atoms with van der Waals surface area (Å²) in [7, 11) is 0. The zero-order valence-electron chi connectivity index (χ0n) is 19.6. The zero-order valence-corrected chi connectivity index (χ0v) is 19.6. The molecule has 2 aromatic rings. The molecule has 0 bridgehead atoms. The van der Waals surface area contributed by atoms with Crippen LogP contribution in [0.5, 0.6) is 5.75 Å². The molecule has 2 fully saturated rings. The van der Waals surface area contributed by atoms with Crippen molar-refractivity contribution in [2.75, 3.05) is 39.3 Å². The summed E-state index contributed by atoms with van der Waals surface area (Å²) in [6, 6.07) is 12.7. The molecule has 6 heteroatoms. The lowest BCUT2D eigenvalue weighted by atomic mass is 9.88. The maximum atomic E-state index is 13.1. The molecule has 33 heavy (non-hydrogen) atoms. The Hall–Kier alpha value is -2.44. The van der Waals surface area contributed by atoms with Gasteiger partial charge in [-0.25, -0.2) is 0 Å². The minimum absolute atomic E-state index is 0.214. The molecule has 1 saturated carbocycles. The molecule has 1 aromatic carbocycles. The lowest BCUT2D eigenvalue weighted by molar-refractivity contribution is -0.137. The topological polar surface area (TPSA) is 48.9 Å². The van der Waals surface area contributed by atoms with Gasteiger partial charge in [0, 0.05) is 63.5 Å². The number of ether oxygens (including phenoxy) is 1. The van der Waals surface area contributed by atoms with Gasteiger partial charge in [-0.3, -0.25) is 19.6 Å². The highest BCUT2D eigenvalue weighted by molar-refractivity contribution is 5.79. The second-order valence-electron chi connectivity index (χ2n) is 9.76. The van der Waals surface area contributed by atoms with Crippen molar-refractivity contribution in [3.8, 4) is 5.75 Å². The highest BCUT2D eigenvalue weighted by Gasteiger charge is 2.28. The number of hydrogen-bond donors (Lipinski definition) is 0. The van der Waals surface area contributed by atoms with Crippen molar-refractivity contribution >= 4 is 5.91 Å². The minimum Gasteiger partial charge on any atom is -0.491 e. The van der Waals surface area contributed by atoms with Crippen LogP contribution in [-0.2, 0) is 24.4 Å². The smallest absolute Gasteiger partial charge is 0.226 e. The fourth-order valence-electron chi connectivity index (χ4n) is 5.43. The summed E-state index contributed by atoms with van der Waals surface area (Å²) in [6.45, 7) is 8.08.